The van der Waals surface area contributed by atoms with Crippen LogP contribution in [0.5, 0.6) is 0 Å². The summed E-state index contributed by atoms with van der Waals surface area (Å²) in [6.07, 6.45) is 3.32. The molecule has 5 nitrogen and oxygen atoms in total. The molecule has 0 unspecified atom stereocenters. The number of nitrogens with zero attached hydrogens (tertiary/aromatic N) is 2. The first kappa shape index (κ1) is 17.7. The van der Waals surface area contributed by atoms with Crippen molar-refractivity contribution in [1.82, 2.24) is 9.88 Å². The third kappa shape index (κ3) is 3.18. The molecule has 0 spiro atoms. The zero-order valence-electron chi connectivity index (χ0n) is 15.0. The zero-order chi connectivity index (χ0) is 19.5. The number of aliphatic hydroxyl groups excluding tert-OH is 1. The summed E-state index contributed by atoms with van der Waals surface area (Å²) in [6, 6.07) is 21.1. The molecule has 0 radical (unpaired) electrons. The molecule has 138 valence electrons. The Hall–Kier alpha value is -3.73. The molecule has 1 amide bonds. The molecule has 1 N–H and O–H groups in total. The first-order valence-electron chi connectivity index (χ1n) is 8.94. The zero-order valence-corrected chi connectivity index (χ0v) is 15.0. The first-order valence-corrected chi connectivity index (χ1v) is 8.94. The van der Waals surface area contributed by atoms with Gasteiger partial charge in [-0.2, -0.15) is 0 Å². The van der Waals surface area contributed by atoms with E-state index >= 15 is 0 Å². The lowest BCUT2D eigenvalue weighted by molar-refractivity contribution is -0.140. The molecule has 1 atom stereocenters. The summed E-state index contributed by atoms with van der Waals surface area (Å²) >= 11 is 0. The van der Waals surface area contributed by atoms with Gasteiger partial charge in [-0.25, -0.2) is 0 Å². The summed E-state index contributed by atoms with van der Waals surface area (Å²) in [7, 11) is 0. The van der Waals surface area contributed by atoms with E-state index < -0.39 is 17.7 Å². The fourth-order valence-corrected chi connectivity index (χ4v) is 3.46. The molecule has 1 aliphatic heterocycles. The van der Waals surface area contributed by atoms with E-state index in [-0.39, 0.29) is 17.9 Å². The van der Waals surface area contributed by atoms with Crippen LogP contribution in [0.2, 0.25) is 0 Å². The van der Waals surface area contributed by atoms with Gasteiger partial charge in [0, 0.05) is 24.5 Å². The molecule has 0 saturated carbocycles. The summed E-state index contributed by atoms with van der Waals surface area (Å²) in [4.78, 5) is 31.3. The number of hydrogen-bond donors (Lipinski definition) is 1. The van der Waals surface area contributed by atoms with Gasteiger partial charge in [-0.15, -0.1) is 0 Å². The van der Waals surface area contributed by atoms with E-state index in [9.17, 15) is 14.7 Å². The third-order valence-corrected chi connectivity index (χ3v) is 4.78. The Morgan fingerprint density at radius 3 is 2.25 bits per heavy atom. The number of likely N-dealkylation sites (tertiary alicyclic amines) is 1. The highest BCUT2D eigenvalue weighted by molar-refractivity contribution is 6.46. The monoisotopic (exact) mass is 370 g/mol. The molecule has 2 aromatic carbocycles. The van der Waals surface area contributed by atoms with Gasteiger partial charge < -0.3 is 10.0 Å². The molecular weight excluding hydrogens is 352 g/mol. The molecule has 4 rings (SSSR count). The van der Waals surface area contributed by atoms with E-state index in [1.54, 1.807) is 42.7 Å². The lowest BCUT2D eigenvalue weighted by atomic mass is 9.95. The van der Waals surface area contributed by atoms with Crippen molar-refractivity contribution in [2.24, 2.45) is 0 Å². The Bertz CT molecular complexity index is 1030. The van der Waals surface area contributed by atoms with Gasteiger partial charge in [0.05, 0.1) is 11.6 Å². The van der Waals surface area contributed by atoms with Crippen molar-refractivity contribution in [3.8, 4) is 0 Å². The molecule has 1 aromatic heterocycles. The summed E-state index contributed by atoms with van der Waals surface area (Å²) in [6.45, 7) is 0.226. The Morgan fingerprint density at radius 1 is 0.929 bits per heavy atom. The molecule has 28 heavy (non-hydrogen) atoms. The fourth-order valence-electron chi connectivity index (χ4n) is 3.46. The highest BCUT2D eigenvalue weighted by Crippen LogP contribution is 2.40. The van der Waals surface area contributed by atoms with Gasteiger partial charge in [0.15, 0.2) is 0 Å². The molecule has 1 aliphatic rings. The van der Waals surface area contributed by atoms with Crippen molar-refractivity contribution in [1.29, 1.82) is 0 Å². The number of aliphatic hydroxyl groups is 1. The third-order valence-electron chi connectivity index (χ3n) is 4.78. The smallest absolute Gasteiger partial charge is 0.295 e. The Morgan fingerprint density at radius 2 is 1.61 bits per heavy atom. The van der Waals surface area contributed by atoms with Crippen molar-refractivity contribution >= 4 is 17.4 Å². The van der Waals surface area contributed by atoms with Crippen LogP contribution >= 0.6 is 0 Å². The van der Waals surface area contributed by atoms with Crippen molar-refractivity contribution in [2.75, 3.05) is 0 Å². The van der Waals surface area contributed by atoms with Crippen molar-refractivity contribution in [3.63, 3.8) is 0 Å². The van der Waals surface area contributed by atoms with Crippen LogP contribution in [0.25, 0.3) is 5.76 Å². The molecule has 2 heterocycles. The van der Waals surface area contributed by atoms with E-state index in [0.29, 0.717) is 5.56 Å². The second-order valence-electron chi connectivity index (χ2n) is 6.56. The first-order chi connectivity index (χ1) is 13.7. The number of rotatable bonds is 4. The van der Waals surface area contributed by atoms with Gasteiger partial charge in [0.25, 0.3) is 11.7 Å². The van der Waals surface area contributed by atoms with Crippen LogP contribution in [0.15, 0.2) is 90.8 Å². The van der Waals surface area contributed by atoms with Crippen LogP contribution in [-0.4, -0.2) is 26.7 Å². The predicted octanol–water partition coefficient (Wildman–Crippen LogP) is 3.70. The number of amides is 1. The van der Waals surface area contributed by atoms with Gasteiger partial charge in [-0.1, -0.05) is 66.7 Å². The minimum absolute atomic E-state index is 0.103. The normalized spacial score (nSPS) is 18.4. The Kier molecular flexibility index (Phi) is 4.72. The van der Waals surface area contributed by atoms with Crippen molar-refractivity contribution in [3.05, 3.63) is 107 Å². The number of carbonyl (C=O) groups excluding carboxylic acids is 2. The largest absolute Gasteiger partial charge is 0.507 e. The van der Waals surface area contributed by atoms with Gasteiger partial charge in [0.1, 0.15) is 5.76 Å². The van der Waals surface area contributed by atoms with Crippen LogP contribution in [-0.2, 0) is 16.1 Å². The van der Waals surface area contributed by atoms with E-state index in [1.165, 1.54) is 4.90 Å². The summed E-state index contributed by atoms with van der Waals surface area (Å²) in [5.41, 5.74) is 2.18. The van der Waals surface area contributed by atoms with Crippen LogP contribution in [0.1, 0.15) is 22.7 Å². The second-order valence-corrected chi connectivity index (χ2v) is 6.56. The number of Topliss-reactive ketones (excluding diaryl/α,β-unsaturated/α-hetero) is 1. The quantitative estimate of drug-likeness (QED) is 0.432. The molecular formula is C23H18N2O3. The van der Waals surface area contributed by atoms with Gasteiger partial charge in [-0.05, 0) is 17.2 Å². The Labute approximate surface area is 162 Å². The minimum Gasteiger partial charge on any atom is -0.507 e. The van der Waals surface area contributed by atoms with Crippen LogP contribution in [0.4, 0.5) is 0 Å². The Balaban J connectivity index is 1.85. The molecule has 1 saturated heterocycles. The van der Waals surface area contributed by atoms with Crippen molar-refractivity contribution in [2.45, 2.75) is 12.6 Å². The SMILES string of the molecule is O=C1C(=O)N(Cc2cccnc2)[C@H](c2ccccc2)C1=C(O)c1ccccc1. The average Bonchev–Trinajstić information content (AvgIpc) is 3.00. The van der Waals surface area contributed by atoms with Crippen LogP contribution in [0, 0.1) is 0 Å². The van der Waals surface area contributed by atoms with Crippen LogP contribution < -0.4 is 0 Å². The van der Waals surface area contributed by atoms with E-state index in [4.69, 9.17) is 0 Å². The summed E-state index contributed by atoms with van der Waals surface area (Å²) in [5, 5.41) is 10.9. The number of pyridine rings is 1. The fraction of sp³-hybridized carbons (Fsp3) is 0.0870. The van der Waals surface area contributed by atoms with E-state index in [1.807, 2.05) is 42.5 Å². The van der Waals surface area contributed by atoms with E-state index in [2.05, 4.69) is 4.98 Å². The number of ketones is 1. The number of benzene rings is 2. The summed E-state index contributed by atoms with van der Waals surface area (Å²) < 4.78 is 0. The molecule has 5 heteroatoms. The maximum atomic E-state index is 12.9. The van der Waals surface area contributed by atoms with Gasteiger partial charge >= 0.3 is 0 Å². The topological polar surface area (TPSA) is 70.5 Å². The lowest BCUT2D eigenvalue weighted by Gasteiger charge is -2.25. The molecule has 0 aliphatic carbocycles. The number of aromatic nitrogens is 1. The standard InChI is InChI=1S/C23H18N2O3/c26-21(18-11-5-2-6-12-18)19-20(17-9-3-1-4-10-17)25(23(28)22(19)27)15-16-8-7-13-24-14-16/h1-14,20,26H,15H2/t20-/m1/s1. The molecule has 0 bridgehead atoms. The second kappa shape index (κ2) is 7.48. The van der Waals surface area contributed by atoms with E-state index in [0.717, 1.165) is 11.1 Å². The maximum absolute atomic E-state index is 12.9. The maximum Gasteiger partial charge on any atom is 0.295 e. The van der Waals surface area contributed by atoms with Gasteiger partial charge in [-0.3, -0.25) is 14.6 Å². The number of carbonyl (C=O) groups is 2. The van der Waals surface area contributed by atoms with Crippen molar-refractivity contribution < 1.29 is 14.7 Å². The summed E-state index contributed by atoms with van der Waals surface area (Å²) in [5.74, 6) is -1.48. The highest BCUT2D eigenvalue weighted by atomic mass is 16.3. The molecule has 3 aromatic rings. The molecule has 1 fully saturated rings. The highest BCUT2D eigenvalue weighted by Gasteiger charge is 2.45. The number of hydrogen-bond acceptors (Lipinski definition) is 4. The lowest BCUT2D eigenvalue weighted by Crippen LogP contribution is -2.29. The average molecular weight is 370 g/mol. The van der Waals surface area contributed by atoms with Crippen LogP contribution in [0.3, 0.4) is 0 Å². The van der Waals surface area contributed by atoms with Gasteiger partial charge in [0.2, 0.25) is 0 Å². The minimum atomic E-state index is -0.681. The predicted molar refractivity (Wildman–Crippen MR) is 105 cm³/mol.